The normalized spacial score (nSPS) is 29.7. The second kappa shape index (κ2) is 4.22. The van der Waals surface area contributed by atoms with E-state index in [1.54, 1.807) is 0 Å². The van der Waals surface area contributed by atoms with Crippen molar-refractivity contribution < 1.29 is 4.79 Å². The molecule has 2 aliphatic heterocycles. The number of hydrogen-bond acceptors (Lipinski definition) is 1. The van der Waals surface area contributed by atoms with Crippen molar-refractivity contribution in [3.05, 3.63) is 41.5 Å². The van der Waals surface area contributed by atoms with E-state index >= 15 is 0 Å². The fourth-order valence-corrected chi connectivity index (χ4v) is 4.25. The molecule has 2 fully saturated rings. The lowest BCUT2D eigenvalue weighted by atomic mass is 9.76. The fourth-order valence-electron chi connectivity index (χ4n) is 4.25. The minimum atomic E-state index is 0.290. The van der Waals surface area contributed by atoms with Crippen molar-refractivity contribution in [3.8, 4) is 0 Å². The van der Waals surface area contributed by atoms with E-state index in [4.69, 9.17) is 0 Å². The first-order valence-corrected chi connectivity index (χ1v) is 7.45. The van der Waals surface area contributed by atoms with Crippen molar-refractivity contribution in [2.75, 3.05) is 6.54 Å². The second-order valence-electron chi connectivity index (χ2n) is 6.00. The first kappa shape index (κ1) is 11.3. The molecule has 1 aliphatic carbocycles. The maximum atomic E-state index is 12.8. The molecule has 0 N–H and O–H groups in total. The molecule has 2 heteroatoms. The first-order chi connectivity index (χ1) is 9.36. The molecule has 1 saturated carbocycles. The maximum absolute atomic E-state index is 12.8. The van der Waals surface area contributed by atoms with Crippen LogP contribution in [0.5, 0.6) is 0 Å². The zero-order valence-corrected chi connectivity index (χ0v) is 11.1. The molecule has 3 aliphatic rings. The lowest BCUT2D eigenvalue weighted by molar-refractivity contribution is -0.127. The number of amides is 1. The van der Waals surface area contributed by atoms with Crippen LogP contribution in [0, 0.1) is 5.92 Å². The summed E-state index contributed by atoms with van der Waals surface area (Å²) in [6.45, 7) is 0.958. The lowest BCUT2D eigenvalue weighted by Gasteiger charge is -2.41. The van der Waals surface area contributed by atoms with E-state index < -0.39 is 0 Å². The number of hydrogen-bond donors (Lipinski definition) is 0. The van der Waals surface area contributed by atoms with Crippen LogP contribution in [-0.4, -0.2) is 23.4 Å². The molecule has 0 radical (unpaired) electrons. The first-order valence-electron chi connectivity index (χ1n) is 7.45. The van der Waals surface area contributed by atoms with Gasteiger partial charge < -0.3 is 4.90 Å². The molecule has 0 spiro atoms. The van der Waals surface area contributed by atoms with E-state index in [9.17, 15) is 4.79 Å². The third-order valence-electron chi connectivity index (χ3n) is 4.99. The summed E-state index contributed by atoms with van der Waals surface area (Å²) < 4.78 is 0. The predicted molar refractivity (Wildman–Crippen MR) is 75.4 cm³/mol. The number of piperidine rings is 1. The number of nitrogens with zero attached hydrogens (tertiary/aromatic N) is 1. The smallest absolute Gasteiger partial charge is 0.255 e. The summed E-state index contributed by atoms with van der Waals surface area (Å²) in [4.78, 5) is 14.9. The maximum Gasteiger partial charge on any atom is 0.255 e. The number of rotatable bonds is 1. The van der Waals surface area contributed by atoms with Crippen LogP contribution < -0.4 is 0 Å². The standard InChI is InChI=1S/C17H19NO/c19-17-15(12-6-2-1-3-7-12)14-10-4-8-13-9-5-11-18(17)16(13)14/h1-3,6-7,13,16H,4-5,8-11H2. The Bertz CT molecular complexity index is 544. The van der Waals surface area contributed by atoms with E-state index in [1.165, 1.54) is 31.3 Å². The molecular formula is C17H19NO. The minimum absolute atomic E-state index is 0.290. The molecule has 1 saturated heterocycles. The van der Waals surface area contributed by atoms with Crippen LogP contribution in [0.25, 0.3) is 5.57 Å². The summed E-state index contributed by atoms with van der Waals surface area (Å²) in [6.07, 6.45) is 6.17. The highest BCUT2D eigenvalue weighted by molar-refractivity contribution is 6.23. The topological polar surface area (TPSA) is 20.3 Å². The predicted octanol–water partition coefficient (Wildman–Crippen LogP) is 3.24. The zero-order chi connectivity index (χ0) is 12.8. The minimum Gasteiger partial charge on any atom is -0.332 e. The van der Waals surface area contributed by atoms with E-state index in [2.05, 4.69) is 17.0 Å². The Kier molecular flexibility index (Phi) is 2.51. The molecule has 0 bridgehead atoms. The molecule has 2 unspecified atom stereocenters. The summed E-state index contributed by atoms with van der Waals surface area (Å²) in [5.74, 6) is 1.01. The van der Waals surface area contributed by atoms with Crippen molar-refractivity contribution in [1.82, 2.24) is 4.90 Å². The summed E-state index contributed by atoms with van der Waals surface area (Å²) in [7, 11) is 0. The van der Waals surface area contributed by atoms with Gasteiger partial charge in [0.1, 0.15) is 0 Å². The summed E-state index contributed by atoms with van der Waals surface area (Å²) in [5.41, 5.74) is 3.59. The Morgan fingerprint density at radius 3 is 2.68 bits per heavy atom. The molecule has 2 heterocycles. The van der Waals surface area contributed by atoms with Gasteiger partial charge in [0.05, 0.1) is 6.04 Å². The van der Waals surface area contributed by atoms with E-state index in [0.29, 0.717) is 6.04 Å². The highest BCUT2D eigenvalue weighted by atomic mass is 16.2. The molecule has 0 aromatic heterocycles. The van der Waals surface area contributed by atoms with Gasteiger partial charge in [-0.25, -0.2) is 0 Å². The number of benzene rings is 1. The van der Waals surface area contributed by atoms with Crippen molar-refractivity contribution >= 4 is 11.5 Å². The monoisotopic (exact) mass is 253 g/mol. The molecule has 98 valence electrons. The molecule has 4 rings (SSSR count). The van der Waals surface area contributed by atoms with Crippen molar-refractivity contribution in [3.63, 3.8) is 0 Å². The Hall–Kier alpha value is -1.57. The van der Waals surface area contributed by atoms with Gasteiger partial charge in [-0.05, 0) is 49.2 Å². The largest absolute Gasteiger partial charge is 0.332 e. The summed E-state index contributed by atoms with van der Waals surface area (Å²) in [6, 6.07) is 10.7. The molecule has 1 aromatic rings. The number of carbonyl (C=O) groups is 1. The highest BCUT2D eigenvalue weighted by Gasteiger charge is 2.46. The Balaban J connectivity index is 1.84. The van der Waals surface area contributed by atoms with Gasteiger partial charge in [0.2, 0.25) is 0 Å². The SMILES string of the molecule is O=C1C(c2ccccc2)=C2CCCC3CCCN1C23. The van der Waals surface area contributed by atoms with E-state index in [0.717, 1.165) is 30.0 Å². The van der Waals surface area contributed by atoms with Crippen molar-refractivity contribution in [1.29, 1.82) is 0 Å². The lowest BCUT2D eigenvalue weighted by Crippen LogP contribution is -2.46. The van der Waals surface area contributed by atoms with E-state index in [-0.39, 0.29) is 5.91 Å². The summed E-state index contributed by atoms with van der Waals surface area (Å²) in [5, 5.41) is 0. The number of carbonyl (C=O) groups excluding carboxylic acids is 1. The molecule has 2 nitrogen and oxygen atoms in total. The van der Waals surface area contributed by atoms with Gasteiger partial charge in [-0.3, -0.25) is 4.79 Å². The van der Waals surface area contributed by atoms with Crippen LogP contribution in [0.1, 0.15) is 37.7 Å². The Labute approximate surface area is 114 Å². The Morgan fingerprint density at radius 2 is 1.84 bits per heavy atom. The Morgan fingerprint density at radius 1 is 1.05 bits per heavy atom. The molecule has 1 amide bonds. The average molecular weight is 253 g/mol. The summed E-state index contributed by atoms with van der Waals surface area (Å²) >= 11 is 0. The molecule has 2 atom stereocenters. The third-order valence-corrected chi connectivity index (χ3v) is 4.99. The quantitative estimate of drug-likeness (QED) is 0.752. The second-order valence-corrected chi connectivity index (χ2v) is 6.00. The van der Waals surface area contributed by atoms with Gasteiger partial charge in [0, 0.05) is 12.1 Å². The third kappa shape index (κ3) is 1.59. The molecular weight excluding hydrogens is 234 g/mol. The zero-order valence-electron chi connectivity index (χ0n) is 11.1. The van der Waals surface area contributed by atoms with Crippen LogP contribution in [0.15, 0.2) is 35.9 Å². The van der Waals surface area contributed by atoms with Crippen molar-refractivity contribution in [2.45, 2.75) is 38.1 Å². The van der Waals surface area contributed by atoms with Gasteiger partial charge in [0.25, 0.3) is 5.91 Å². The van der Waals surface area contributed by atoms with Crippen LogP contribution in [0.4, 0.5) is 0 Å². The molecule has 1 aromatic carbocycles. The van der Waals surface area contributed by atoms with Crippen LogP contribution in [0.3, 0.4) is 0 Å². The fraction of sp³-hybridized carbons (Fsp3) is 0.471. The van der Waals surface area contributed by atoms with Gasteiger partial charge in [-0.1, -0.05) is 30.3 Å². The van der Waals surface area contributed by atoms with E-state index in [1.807, 2.05) is 18.2 Å². The highest BCUT2D eigenvalue weighted by Crippen LogP contribution is 2.46. The molecule has 19 heavy (non-hydrogen) atoms. The van der Waals surface area contributed by atoms with Gasteiger partial charge in [-0.15, -0.1) is 0 Å². The van der Waals surface area contributed by atoms with Gasteiger partial charge >= 0.3 is 0 Å². The van der Waals surface area contributed by atoms with Gasteiger partial charge in [-0.2, -0.15) is 0 Å². The van der Waals surface area contributed by atoms with Crippen LogP contribution >= 0.6 is 0 Å². The van der Waals surface area contributed by atoms with Crippen LogP contribution in [-0.2, 0) is 4.79 Å². The van der Waals surface area contributed by atoms with Crippen LogP contribution in [0.2, 0.25) is 0 Å². The van der Waals surface area contributed by atoms with Crippen molar-refractivity contribution in [2.24, 2.45) is 5.92 Å². The van der Waals surface area contributed by atoms with Gasteiger partial charge in [0.15, 0.2) is 0 Å². The average Bonchev–Trinajstić information content (AvgIpc) is 2.76.